The summed E-state index contributed by atoms with van der Waals surface area (Å²) in [4.78, 5) is 32.5. The van der Waals surface area contributed by atoms with E-state index in [0.717, 1.165) is 38.9 Å². The zero-order valence-electron chi connectivity index (χ0n) is 20.9. The molecule has 0 aliphatic rings. The van der Waals surface area contributed by atoms with E-state index in [-0.39, 0.29) is 17.5 Å². The van der Waals surface area contributed by atoms with Gasteiger partial charge in [-0.05, 0) is 33.1 Å². The molecule has 0 bridgehead atoms. The van der Waals surface area contributed by atoms with Gasteiger partial charge < -0.3 is 29.1 Å². The van der Waals surface area contributed by atoms with Crippen molar-refractivity contribution < 1.29 is 33.3 Å². The van der Waals surface area contributed by atoms with Gasteiger partial charge >= 0.3 is 0 Å². The number of amides is 1. The highest BCUT2D eigenvalue weighted by molar-refractivity contribution is 5.78. The van der Waals surface area contributed by atoms with Crippen molar-refractivity contribution in [3.05, 3.63) is 0 Å². The van der Waals surface area contributed by atoms with Gasteiger partial charge in [-0.25, -0.2) is 0 Å². The lowest BCUT2D eigenvalue weighted by atomic mass is 10.2. The molecule has 0 aromatic rings. The summed E-state index contributed by atoms with van der Waals surface area (Å²) in [6.45, 7) is 12.9. The molecule has 0 aliphatic heterocycles. The van der Waals surface area contributed by atoms with Crippen LogP contribution in [-0.2, 0) is 33.3 Å². The molecule has 0 aromatic carbocycles. The van der Waals surface area contributed by atoms with Crippen molar-refractivity contribution >= 4 is 17.5 Å². The topological polar surface area (TPSA) is 100 Å². The van der Waals surface area contributed by atoms with Crippen LogP contribution in [0.3, 0.4) is 0 Å². The second-order valence-electron chi connectivity index (χ2n) is 7.51. The molecule has 8 heteroatoms. The third-order valence-corrected chi connectivity index (χ3v) is 4.13. The average molecular weight is 462 g/mol. The summed E-state index contributed by atoms with van der Waals surface area (Å²) in [5.41, 5.74) is 0. The van der Waals surface area contributed by atoms with Crippen molar-refractivity contribution in [2.45, 2.75) is 79.1 Å². The SMILES string of the molecule is CCCCOCCOCCC(C)=O.CCCCOCCOCCNC(=O)CCCC(C)=O. The summed E-state index contributed by atoms with van der Waals surface area (Å²) in [6, 6.07) is 0. The molecule has 0 radical (unpaired) electrons. The number of ketones is 2. The highest BCUT2D eigenvalue weighted by atomic mass is 16.5. The molecule has 0 atom stereocenters. The molecule has 0 fully saturated rings. The standard InChI is InChI=1S/C14H27NO4.C10H20O3/c1-3-4-9-18-11-12-19-10-8-15-14(17)7-5-6-13(2)16;1-3-4-6-12-8-9-13-7-5-10(2)11/h3-12H2,1-2H3,(H,15,17);3-9H2,1-2H3. The van der Waals surface area contributed by atoms with E-state index in [9.17, 15) is 14.4 Å². The highest BCUT2D eigenvalue weighted by Crippen LogP contribution is 1.95. The quantitative estimate of drug-likeness (QED) is 0.246. The molecule has 1 N–H and O–H groups in total. The Morgan fingerprint density at radius 1 is 0.562 bits per heavy atom. The van der Waals surface area contributed by atoms with Crippen LogP contribution in [0.25, 0.3) is 0 Å². The van der Waals surface area contributed by atoms with Crippen molar-refractivity contribution in [1.29, 1.82) is 0 Å². The van der Waals surface area contributed by atoms with E-state index in [2.05, 4.69) is 19.2 Å². The van der Waals surface area contributed by atoms with Crippen LogP contribution >= 0.6 is 0 Å². The van der Waals surface area contributed by atoms with Gasteiger partial charge in [-0.15, -0.1) is 0 Å². The summed E-state index contributed by atoms with van der Waals surface area (Å²) in [5, 5.41) is 2.75. The summed E-state index contributed by atoms with van der Waals surface area (Å²) in [5.74, 6) is 0.273. The lowest BCUT2D eigenvalue weighted by molar-refractivity contribution is -0.122. The molecule has 190 valence electrons. The maximum atomic E-state index is 11.3. The lowest BCUT2D eigenvalue weighted by Gasteiger charge is -2.07. The first kappa shape index (κ1) is 32.8. The molecule has 32 heavy (non-hydrogen) atoms. The summed E-state index contributed by atoms with van der Waals surface area (Å²) in [7, 11) is 0. The molecule has 0 heterocycles. The fourth-order valence-electron chi connectivity index (χ4n) is 2.20. The number of hydrogen-bond acceptors (Lipinski definition) is 7. The highest BCUT2D eigenvalue weighted by Gasteiger charge is 2.01. The van der Waals surface area contributed by atoms with E-state index in [1.165, 1.54) is 6.92 Å². The Hall–Kier alpha value is -1.35. The Bertz CT molecular complexity index is 444. The monoisotopic (exact) mass is 461 g/mol. The zero-order chi connectivity index (χ0) is 24.3. The Labute approximate surface area is 195 Å². The van der Waals surface area contributed by atoms with Gasteiger partial charge in [0.15, 0.2) is 0 Å². The minimum Gasteiger partial charge on any atom is -0.379 e. The van der Waals surface area contributed by atoms with Gasteiger partial charge in [0, 0.05) is 39.0 Å². The second kappa shape index (κ2) is 27.7. The van der Waals surface area contributed by atoms with Crippen molar-refractivity contribution in [2.75, 3.05) is 59.4 Å². The van der Waals surface area contributed by atoms with Crippen LogP contribution in [0, 0.1) is 0 Å². The molecular formula is C24H47NO7. The van der Waals surface area contributed by atoms with Gasteiger partial charge in [0.2, 0.25) is 5.91 Å². The normalized spacial score (nSPS) is 10.4. The molecule has 0 saturated heterocycles. The molecule has 0 spiro atoms. The summed E-state index contributed by atoms with van der Waals surface area (Å²) >= 11 is 0. The van der Waals surface area contributed by atoms with Crippen LogP contribution in [0.1, 0.15) is 79.1 Å². The summed E-state index contributed by atoms with van der Waals surface area (Å²) in [6.07, 6.45) is 6.48. The van der Waals surface area contributed by atoms with Gasteiger partial charge in [0.1, 0.15) is 11.6 Å². The van der Waals surface area contributed by atoms with Crippen LogP contribution in [-0.4, -0.2) is 76.9 Å². The van der Waals surface area contributed by atoms with Gasteiger partial charge in [-0.2, -0.15) is 0 Å². The van der Waals surface area contributed by atoms with Crippen molar-refractivity contribution in [3.8, 4) is 0 Å². The third-order valence-electron chi connectivity index (χ3n) is 4.13. The maximum absolute atomic E-state index is 11.3. The van der Waals surface area contributed by atoms with Crippen LogP contribution in [0.2, 0.25) is 0 Å². The van der Waals surface area contributed by atoms with Crippen molar-refractivity contribution in [3.63, 3.8) is 0 Å². The van der Waals surface area contributed by atoms with Crippen LogP contribution in [0.15, 0.2) is 0 Å². The van der Waals surface area contributed by atoms with Gasteiger partial charge in [-0.1, -0.05) is 26.7 Å². The molecule has 0 aliphatic carbocycles. The van der Waals surface area contributed by atoms with E-state index in [0.29, 0.717) is 71.9 Å². The number of carbonyl (C=O) groups excluding carboxylic acids is 3. The number of nitrogens with one attached hydrogen (secondary N) is 1. The molecule has 0 saturated carbocycles. The molecule has 0 rings (SSSR count). The number of Topliss-reactive ketones (excluding diaryl/α,β-unsaturated/α-hetero) is 2. The van der Waals surface area contributed by atoms with Crippen LogP contribution in [0.4, 0.5) is 0 Å². The van der Waals surface area contributed by atoms with Gasteiger partial charge in [0.05, 0.1) is 39.6 Å². The van der Waals surface area contributed by atoms with E-state index < -0.39 is 0 Å². The Morgan fingerprint density at radius 3 is 1.50 bits per heavy atom. The smallest absolute Gasteiger partial charge is 0.220 e. The van der Waals surface area contributed by atoms with Crippen molar-refractivity contribution in [2.24, 2.45) is 0 Å². The fourth-order valence-corrected chi connectivity index (χ4v) is 2.20. The van der Waals surface area contributed by atoms with Gasteiger partial charge in [-0.3, -0.25) is 9.59 Å². The van der Waals surface area contributed by atoms with Crippen LogP contribution in [0.5, 0.6) is 0 Å². The Morgan fingerprint density at radius 2 is 1.03 bits per heavy atom. The number of unbranched alkanes of at least 4 members (excludes halogenated alkanes) is 2. The Kier molecular flexibility index (Phi) is 28.4. The third kappa shape index (κ3) is 33.3. The van der Waals surface area contributed by atoms with Crippen molar-refractivity contribution in [1.82, 2.24) is 5.32 Å². The first-order valence-corrected chi connectivity index (χ1v) is 12.0. The van der Waals surface area contributed by atoms with E-state index >= 15 is 0 Å². The zero-order valence-corrected chi connectivity index (χ0v) is 20.9. The predicted molar refractivity (Wildman–Crippen MR) is 126 cm³/mol. The molecule has 0 unspecified atom stereocenters. The number of hydrogen-bond donors (Lipinski definition) is 1. The minimum absolute atomic E-state index is 0.0240. The summed E-state index contributed by atoms with van der Waals surface area (Å²) < 4.78 is 21.1. The molecular weight excluding hydrogens is 414 g/mol. The number of carbonyl (C=O) groups is 3. The number of rotatable bonds is 22. The second-order valence-corrected chi connectivity index (χ2v) is 7.51. The average Bonchev–Trinajstić information content (AvgIpc) is 2.74. The molecule has 0 aromatic heterocycles. The van der Waals surface area contributed by atoms with Crippen LogP contribution < -0.4 is 5.32 Å². The first-order valence-electron chi connectivity index (χ1n) is 12.0. The van der Waals surface area contributed by atoms with Gasteiger partial charge in [0.25, 0.3) is 0 Å². The molecule has 1 amide bonds. The molecule has 8 nitrogen and oxygen atoms in total. The predicted octanol–water partition coefficient (Wildman–Crippen LogP) is 3.49. The Balaban J connectivity index is 0. The lowest BCUT2D eigenvalue weighted by Crippen LogP contribution is -2.27. The maximum Gasteiger partial charge on any atom is 0.220 e. The minimum atomic E-state index is -0.0240. The van der Waals surface area contributed by atoms with E-state index in [4.69, 9.17) is 18.9 Å². The first-order chi connectivity index (χ1) is 15.4. The fraction of sp³-hybridized carbons (Fsp3) is 0.875. The number of ether oxygens (including phenoxy) is 4. The largest absolute Gasteiger partial charge is 0.379 e. The van der Waals surface area contributed by atoms with E-state index in [1.54, 1.807) is 6.92 Å². The van der Waals surface area contributed by atoms with E-state index in [1.807, 2.05) is 0 Å².